The van der Waals surface area contributed by atoms with E-state index >= 15 is 0 Å². The molecule has 0 saturated heterocycles. The third kappa shape index (κ3) is 2.77. The van der Waals surface area contributed by atoms with Crippen molar-refractivity contribution in [2.45, 2.75) is 12.7 Å². The fourth-order valence-corrected chi connectivity index (χ4v) is 2.59. The fraction of sp³-hybridized carbons (Fsp3) is 0.133. The standard InChI is InChI=1S/C15H10BF3NO3/c17-15(18,19)13-6-2-5-11-12(13)8-20(14(11)21)9-3-1-4-10(7-9)23-16-22/h1-7,22H,8H2. The van der Waals surface area contributed by atoms with Gasteiger partial charge in [0.25, 0.3) is 5.91 Å². The number of hydrogen-bond acceptors (Lipinski definition) is 3. The van der Waals surface area contributed by atoms with Crippen molar-refractivity contribution in [3.63, 3.8) is 0 Å². The lowest BCUT2D eigenvalue weighted by molar-refractivity contribution is -0.138. The van der Waals surface area contributed by atoms with Crippen molar-refractivity contribution in [2.75, 3.05) is 4.90 Å². The van der Waals surface area contributed by atoms with Crippen molar-refractivity contribution in [1.82, 2.24) is 0 Å². The summed E-state index contributed by atoms with van der Waals surface area (Å²) < 4.78 is 44.1. The molecule has 1 aliphatic heterocycles. The summed E-state index contributed by atoms with van der Waals surface area (Å²) in [6.07, 6.45) is -4.52. The van der Waals surface area contributed by atoms with Crippen LogP contribution in [0.3, 0.4) is 0 Å². The molecule has 0 saturated carbocycles. The van der Waals surface area contributed by atoms with Crippen LogP contribution in [0.15, 0.2) is 42.5 Å². The van der Waals surface area contributed by atoms with Gasteiger partial charge in [0.15, 0.2) is 0 Å². The molecule has 1 aliphatic rings. The van der Waals surface area contributed by atoms with Gasteiger partial charge in [-0.25, -0.2) is 0 Å². The molecule has 0 unspecified atom stereocenters. The Balaban J connectivity index is 2.00. The van der Waals surface area contributed by atoms with Gasteiger partial charge in [-0.05, 0) is 29.8 Å². The molecule has 1 N–H and O–H groups in total. The monoisotopic (exact) mass is 320 g/mol. The maximum atomic E-state index is 13.1. The lowest BCUT2D eigenvalue weighted by Crippen LogP contribution is -2.23. The van der Waals surface area contributed by atoms with Crippen LogP contribution in [0.2, 0.25) is 0 Å². The number of halogens is 3. The Morgan fingerprint density at radius 2 is 1.91 bits per heavy atom. The first-order valence-corrected chi connectivity index (χ1v) is 6.65. The molecule has 0 aromatic heterocycles. The van der Waals surface area contributed by atoms with Crippen LogP contribution in [-0.2, 0) is 12.7 Å². The number of benzene rings is 2. The molecule has 0 aliphatic carbocycles. The molecule has 8 heteroatoms. The minimum absolute atomic E-state index is 0.0370. The predicted octanol–water partition coefficient (Wildman–Crippen LogP) is 2.77. The molecule has 0 fully saturated rings. The molecule has 23 heavy (non-hydrogen) atoms. The Bertz CT molecular complexity index is 764. The second-order valence-corrected chi connectivity index (χ2v) is 4.94. The Morgan fingerprint density at radius 1 is 1.17 bits per heavy atom. The van der Waals surface area contributed by atoms with Crippen molar-refractivity contribution in [2.24, 2.45) is 0 Å². The van der Waals surface area contributed by atoms with Gasteiger partial charge in [-0.2, -0.15) is 13.2 Å². The minimum Gasteiger partial charge on any atom is -0.537 e. The van der Waals surface area contributed by atoms with Crippen LogP contribution in [0.5, 0.6) is 5.75 Å². The summed E-state index contributed by atoms with van der Waals surface area (Å²) in [5.41, 5.74) is -0.412. The smallest absolute Gasteiger partial charge is 0.537 e. The number of fused-ring (bicyclic) bond motifs is 1. The Kier molecular flexibility index (Phi) is 3.77. The average molecular weight is 320 g/mol. The maximum absolute atomic E-state index is 13.1. The maximum Gasteiger partial charge on any atom is 0.569 e. The number of amides is 1. The topological polar surface area (TPSA) is 49.8 Å². The number of carbonyl (C=O) groups is 1. The highest BCUT2D eigenvalue weighted by Gasteiger charge is 2.39. The summed E-state index contributed by atoms with van der Waals surface area (Å²) in [5.74, 6) is -0.235. The van der Waals surface area contributed by atoms with E-state index in [0.717, 1.165) is 6.07 Å². The van der Waals surface area contributed by atoms with Crippen LogP contribution < -0.4 is 9.55 Å². The third-order valence-corrected chi connectivity index (χ3v) is 3.59. The van der Waals surface area contributed by atoms with Crippen molar-refractivity contribution < 1.29 is 27.6 Å². The second kappa shape index (κ2) is 5.62. The lowest BCUT2D eigenvalue weighted by Gasteiger charge is -2.17. The van der Waals surface area contributed by atoms with E-state index in [0.29, 0.717) is 13.4 Å². The number of nitrogens with zero attached hydrogens (tertiary/aromatic N) is 1. The number of anilines is 1. The first-order valence-electron chi connectivity index (χ1n) is 6.65. The van der Waals surface area contributed by atoms with E-state index in [9.17, 15) is 18.0 Å². The fourth-order valence-electron chi connectivity index (χ4n) is 2.59. The van der Waals surface area contributed by atoms with Gasteiger partial charge >= 0.3 is 13.9 Å². The summed E-state index contributed by atoms with van der Waals surface area (Å²) in [7, 11) is 0.488. The van der Waals surface area contributed by atoms with Crippen LogP contribution in [-0.4, -0.2) is 18.6 Å². The zero-order valence-electron chi connectivity index (χ0n) is 11.7. The second-order valence-electron chi connectivity index (χ2n) is 4.94. The summed E-state index contributed by atoms with van der Waals surface area (Å²) in [4.78, 5) is 13.6. The number of rotatable bonds is 3. The molecule has 3 rings (SSSR count). The molecule has 0 bridgehead atoms. The van der Waals surface area contributed by atoms with E-state index in [1.807, 2.05) is 0 Å². The number of carbonyl (C=O) groups excluding carboxylic acids is 1. The Hall–Kier alpha value is -2.48. The van der Waals surface area contributed by atoms with Crippen LogP contribution >= 0.6 is 0 Å². The van der Waals surface area contributed by atoms with Gasteiger partial charge in [0, 0.05) is 17.3 Å². The zero-order valence-corrected chi connectivity index (χ0v) is 11.7. The first kappa shape index (κ1) is 15.4. The molecular weight excluding hydrogens is 310 g/mol. The molecule has 2 aromatic rings. The van der Waals surface area contributed by atoms with E-state index < -0.39 is 17.6 Å². The van der Waals surface area contributed by atoms with Crippen LogP contribution in [0.1, 0.15) is 21.5 Å². The molecule has 0 spiro atoms. The summed E-state index contributed by atoms with van der Waals surface area (Å²) in [5, 5.41) is 8.64. The van der Waals surface area contributed by atoms with Crippen LogP contribution in [0, 0.1) is 0 Å². The number of alkyl halides is 3. The van der Waals surface area contributed by atoms with E-state index in [2.05, 4.69) is 0 Å². The SMILES string of the molecule is O=C1c2cccc(C(F)(F)F)c2CN1c1cccc(O[B]O)c1. The first-order chi connectivity index (χ1) is 10.9. The average Bonchev–Trinajstić information content (AvgIpc) is 2.84. The van der Waals surface area contributed by atoms with Crippen molar-refractivity contribution in [3.05, 3.63) is 59.2 Å². The quantitative estimate of drug-likeness (QED) is 0.885. The highest BCUT2D eigenvalue weighted by Crippen LogP contribution is 2.38. The molecule has 2 aromatic carbocycles. The van der Waals surface area contributed by atoms with Gasteiger partial charge in [0.2, 0.25) is 0 Å². The van der Waals surface area contributed by atoms with Crippen molar-refractivity contribution in [1.29, 1.82) is 0 Å². The minimum atomic E-state index is -4.52. The van der Waals surface area contributed by atoms with Crippen LogP contribution in [0.25, 0.3) is 0 Å². The molecule has 117 valence electrons. The largest absolute Gasteiger partial charge is 0.569 e. The van der Waals surface area contributed by atoms with Gasteiger partial charge in [-0.15, -0.1) is 0 Å². The molecular formula is C15H10BF3NO3. The third-order valence-electron chi connectivity index (χ3n) is 3.59. The zero-order chi connectivity index (χ0) is 16.6. The van der Waals surface area contributed by atoms with Gasteiger partial charge < -0.3 is 14.6 Å². The lowest BCUT2D eigenvalue weighted by atomic mass is 10.0. The summed E-state index contributed by atoms with van der Waals surface area (Å²) in [6, 6.07) is 9.75. The normalized spacial score (nSPS) is 13.9. The van der Waals surface area contributed by atoms with Gasteiger partial charge in [-0.3, -0.25) is 4.79 Å². The van der Waals surface area contributed by atoms with Gasteiger partial charge in [0.1, 0.15) is 5.75 Å². The van der Waals surface area contributed by atoms with Crippen molar-refractivity contribution in [3.8, 4) is 5.75 Å². The summed E-state index contributed by atoms with van der Waals surface area (Å²) >= 11 is 0. The highest BCUT2D eigenvalue weighted by atomic mass is 19.4. The molecule has 1 heterocycles. The highest BCUT2D eigenvalue weighted by molar-refractivity contribution is 6.17. The molecule has 1 amide bonds. The van der Waals surface area contributed by atoms with Crippen LogP contribution in [0.4, 0.5) is 18.9 Å². The predicted molar refractivity (Wildman–Crippen MR) is 77.0 cm³/mol. The van der Waals surface area contributed by atoms with E-state index in [-0.39, 0.29) is 23.4 Å². The van der Waals surface area contributed by atoms with E-state index in [1.54, 1.807) is 18.2 Å². The summed E-state index contributed by atoms with van der Waals surface area (Å²) in [6.45, 7) is -0.170. The number of hydrogen-bond donors (Lipinski definition) is 1. The van der Waals surface area contributed by atoms with E-state index in [1.165, 1.54) is 23.1 Å². The Labute approximate surface area is 130 Å². The molecule has 0 atom stereocenters. The molecule has 4 nitrogen and oxygen atoms in total. The van der Waals surface area contributed by atoms with Crippen molar-refractivity contribution >= 4 is 19.3 Å². The van der Waals surface area contributed by atoms with Gasteiger partial charge in [-0.1, -0.05) is 12.1 Å². The Morgan fingerprint density at radius 3 is 2.61 bits per heavy atom. The molecule has 1 radical (unpaired) electrons. The van der Waals surface area contributed by atoms with Gasteiger partial charge in [0.05, 0.1) is 12.1 Å². The van der Waals surface area contributed by atoms with E-state index in [4.69, 9.17) is 9.68 Å².